The molecule has 4 rings (SSSR count). The van der Waals surface area contributed by atoms with E-state index in [2.05, 4.69) is 15.2 Å². The van der Waals surface area contributed by atoms with E-state index in [1.807, 2.05) is 61.1 Å². The molecule has 0 unspecified atom stereocenters. The molecule has 1 aromatic carbocycles. The SMILES string of the molecule is Cc1nc2c(cnn2C(C)C)cc1C(=O)OCc1ccn(-c2ccccc2)n1. The molecule has 0 radical (unpaired) electrons. The second-order valence-corrected chi connectivity index (χ2v) is 6.88. The number of ether oxygens (including phenoxy) is 1. The van der Waals surface area contributed by atoms with Gasteiger partial charge in [0.25, 0.3) is 0 Å². The maximum absolute atomic E-state index is 12.6. The van der Waals surface area contributed by atoms with Crippen molar-refractivity contribution in [3.63, 3.8) is 0 Å². The van der Waals surface area contributed by atoms with Crippen molar-refractivity contribution in [2.75, 3.05) is 0 Å². The minimum absolute atomic E-state index is 0.0986. The molecule has 0 aliphatic rings. The second kappa shape index (κ2) is 7.26. The number of carbonyl (C=O) groups excluding carboxylic acids is 1. The van der Waals surface area contributed by atoms with E-state index in [0.717, 1.165) is 16.7 Å². The lowest BCUT2D eigenvalue weighted by Crippen LogP contribution is -2.10. The van der Waals surface area contributed by atoms with Crippen LogP contribution in [0.1, 0.15) is 41.6 Å². The molecular formula is C21H21N5O2. The Hall–Kier alpha value is -3.48. The molecule has 0 atom stereocenters. The van der Waals surface area contributed by atoms with E-state index in [-0.39, 0.29) is 12.6 Å². The lowest BCUT2D eigenvalue weighted by molar-refractivity contribution is 0.0466. The number of aryl methyl sites for hydroxylation is 1. The van der Waals surface area contributed by atoms with Gasteiger partial charge in [-0.25, -0.2) is 19.1 Å². The Kier molecular flexibility index (Phi) is 4.65. The van der Waals surface area contributed by atoms with Crippen molar-refractivity contribution < 1.29 is 9.53 Å². The van der Waals surface area contributed by atoms with E-state index >= 15 is 0 Å². The van der Waals surface area contributed by atoms with Gasteiger partial charge in [0.15, 0.2) is 5.65 Å². The summed E-state index contributed by atoms with van der Waals surface area (Å²) in [6, 6.07) is 13.6. The number of fused-ring (bicyclic) bond motifs is 1. The topological polar surface area (TPSA) is 74.8 Å². The number of pyridine rings is 1. The number of benzene rings is 1. The molecule has 7 nitrogen and oxygen atoms in total. The molecule has 28 heavy (non-hydrogen) atoms. The van der Waals surface area contributed by atoms with Gasteiger partial charge in [0.1, 0.15) is 12.3 Å². The van der Waals surface area contributed by atoms with E-state index in [4.69, 9.17) is 4.74 Å². The van der Waals surface area contributed by atoms with Gasteiger partial charge in [-0.1, -0.05) is 18.2 Å². The molecule has 0 aliphatic carbocycles. The van der Waals surface area contributed by atoms with Gasteiger partial charge < -0.3 is 4.74 Å². The number of hydrogen-bond acceptors (Lipinski definition) is 5. The van der Waals surface area contributed by atoms with Crippen LogP contribution in [0, 0.1) is 6.92 Å². The van der Waals surface area contributed by atoms with E-state index in [0.29, 0.717) is 17.0 Å². The van der Waals surface area contributed by atoms with Gasteiger partial charge in [-0.2, -0.15) is 10.2 Å². The van der Waals surface area contributed by atoms with Gasteiger partial charge in [-0.05, 0) is 45.0 Å². The van der Waals surface area contributed by atoms with Crippen molar-refractivity contribution in [3.05, 3.63) is 71.8 Å². The van der Waals surface area contributed by atoms with Crippen molar-refractivity contribution in [2.45, 2.75) is 33.4 Å². The van der Waals surface area contributed by atoms with Crippen LogP contribution in [-0.4, -0.2) is 30.5 Å². The number of hydrogen-bond donors (Lipinski definition) is 0. The summed E-state index contributed by atoms with van der Waals surface area (Å²) < 4.78 is 9.06. The fourth-order valence-electron chi connectivity index (χ4n) is 3.03. The zero-order valence-electron chi connectivity index (χ0n) is 16.0. The molecule has 0 fully saturated rings. The molecular weight excluding hydrogens is 354 g/mol. The molecule has 0 spiro atoms. The second-order valence-electron chi connectivity index (χ2n) is 6.88. The maximum atomic E-state index is 12.6. The lowest BCUT2D eigenvalue weighted by atomic mass is 10.2. The zero-order chi connectivity index (χ0) is 19.7. The fourth-order valence-corrected chi connectivity index (χ4v) is 3.03. The molecule has 7 heteroatoms. The van der Waals surface area contributed by atoms with Crippen LogP contribution in [0.3, 0.4) is 0 Å². The van der Waals surface area contributed by atoms with Crippen LogP contribution >= 0.6 is 0 Å². The van der Waals surface area contributed by atoms with Gasteiger partial charge >= 0.3 is 5.97 Å². The van der Waals surface area contributed by atoms with Gasteiger partial charge in [0.2, 0.25) is 0 Å². The Morgan fingerprint density at radius 1 is 1.18 bits per heavy atom. The first-order valence-corrected chi connectivity index (χ1v) is 9.15. The van der Waals surface area contributed by atoms with Crippen LogP contribution in [0.2, 0.25) is 0 Å². The van der Waals surface area contributed by atoms with Crippen molar-refractivity contribution in [2.24, 2.45) is 0 Å². The van der Waals surface area contributed by atoms with Crippen LogP contribution in [0.4, 0.5) is 0 Å². The van der Waals surface area contributed by atoms with E-state index in [1.165, 1.54) is 0 Å². The Morgan fingerprint density at radius 2 is 1.96 bits per heavy atom. The van der Waals surface area contributed by atoms with Gasteiger partial charge in [-0.15, -0.1) is 0 Å². The highest BCUT2D eigenvalue weighted by Crippen LogP contribution is 2.20. The van der Waals surface area contributed by atoms with Crippen molar-refractivity contribution >= 4 is 17.0 Å². The minimum Gasteiger partial charge on any atom is -0.455 e. The molecule has 3 aromatic heterocycles. The summed E-state index contributed by atoms with van der Waals surface area (Å²) in [5, 5.41) is 9.62. The number of esters is 1. The Labute approximate surface area is 162 Å². The summed E-state index contributed by atoms with van der Waals surface area (Å²) in [6.07, 6.45) is 3.57. The summed E-state index contributed by atoms with van der Waals surface area (Å²) in [7, 11) is 0. The van der Waals surface area contributed by atoms with E-state index in [9.17, 15) is 4.79 Å². The fraction of sp³-hybridized carbons (Fsp3) is 0.238. The van der Waals surface area contributed by atoms with Crippen LogP contribution < -0.4 is 0 Å². The lowest BCUT2D eigenvalue weighted by Gasteiger charge is -2.09. The molecule has 4 aromatic rings. The van der Waals surface area contributed by atoms with Crippen LogP contribution in [0.5, 0.6) is 0 Å². The summed E-state index contributed by atoms with van der Waals surface area (Å²) >= 11 is 0. The molecule has 3 heterocycles. The molecule has 0 bridgehead atoms. The quantitative estimate of drug-likeness (QED) is 0.495. The highest BCUT2D eigenvalue weighted by Gasteiger charge is 2.17. The average molecular weight is 375 g/mol. The summed E-state index contributed by atoms with van der Waals surface area (Å²) in [5.41, 5.74) is 3.46. The summed E-state index contributed by atoms with van der Waals surface area (Å²) in [4.78, 5) is 17.1. The van der Waals surface area contributed by atoms with E-state index in [1.54, 1.807) is 23.9 Å². The third-order valence-corrected chi connectivity index (χ3v) is 4.48. The minimum atomic E-state index is -0.418. The predicted molar refractivity (Wildman–Crippen MR) is 105 cm³/mol. The predicted octanol–water partition coefficient (Wildman–Crippen LogP) is 3.86. The maximum Gasteiger partial charge on any atom is 0.340 e. The highest BCUT2D eigenvalue weighted by atomic mass is 16.5. The average Bonchev–Trinajstić information content (AvgIpc) is 3.33. The third kappa shape index (κ3) is 3.38. The van der Waals surface area contributed by atoms with Crippen LogP contribution in [-0.2, 0) is 11.3 Å². The smallest absolute Gasteiger partial charge is 0.340 e. The number of rotatable bonds is 5. The van der Waals surface area contributed by atoms with Crippen molar-refractivity contribution in [1.29, 1.82) is 0 Å². The Balaban J connectivity index is 1.50. The standard InChI is InChI=1S/C21H21N5O2/c1-14(2)26-20-16(12-22-26)11-19(15(3)23-20)21(27)28-13-17-9-10-25(24-17)18-7-5-4-6-8-18/h4-12,14H,13H2,1-3H3. The molecule has 0 amide bonds. The Morgan fingerprint density at radius 3 is 2.71 bits per heavy atom. The normalized spacial score (nSPS) is 11.3. The van der Waals surface area contributed by atoms with Crippen molar-refractivity contribution in [1.82, 2.24) is 24.5 Å². The van der Waals surface area contributed by atoms with Gasteiger partial charge in [-0.3, -0.25) is 0 Å². The number of para-hydroxylation sites is 1. The van der Waals surface area contributed by atoms with Gasteiger partial charge in [0.05, 0.1) is 23.1 Å². The van der Waals surface area contributed by atoms with Gasteiger partial charge in [0, 0.05) is 17.6 Å². The first kappa shape index (κ1) is 17.9. The molecule has 142 valence electrons. The number of aromatic nitrogens is 5. The number of nitrogens with zero attached hydrogens (tertiary/aromatic N) is 5. The van der Waals surface area contributed by atoms with Crippen LogP contribution in [0.15, 0.2) is 54.9 Å². The number of carbonyl (C=O) groups is 1. The molecule has 0 saturated heterocycles. The first-order valence-electron chi connectivity index (χ1n) is 9.15. The first-order chi connectivity index (χ1) is 13.5. The zero-order valence-corrected chi connectivity index (χ0v) is 16.0. The molecule has 0 N–H and O–H groups in total. The monoisotopic (exact) mass is 375 g/mol. The van der Waals surface area contributed by atoms with Crippen molar-refractivity contribution in [3.8, 4) is 5.69 Å². The molecule has 0 aliphatic heterocycles. The van der Waals surface area contributed by atoms with Crippen LogP contribution in [0.25, 0.3) is 16.7 Å². The van der Waals surface area contributed by atoms with E-state index < -0.39 is 5.97 Å². The summed E-state index contributed by atoms with van der Waals surface area (Å²) in [6.45, 7) is 5.99. The largest absolute Gasteiger partial charge is 0.455 e. The highest BCUT2D eigenvalue weighted by molar-refractivity contribution is 5.94. The molecule has 0 saturated carbocycles. The third-order valence-electron chi connectivity index (χ3n) is 4.48. The summed E-state index contributed by atoms with van der Waals surface area (Å²) in [5.74, 6) is -0.418. The Bertz CT molecular complexity index is 1130.